The summed E-state index contributed by atoms with van der Waals surface area (Å²) in [6.45, 7) is -1.00. The van der Waals surface area contributed by atoms with Crippen LogP contribution in [0.4, 0.5) is 0 Å². The molecule has 0 saturated carbocycles. The second-order valence-corrected chi connectivity index (χ2v) is 1.79. The largest absolute Gasteiger partial charge is 0.394 e. The summed E-state index contributed by atoms with van der Waals surface area (Å²) in [6, 6.07) is 0. The molecule has 0 rings (SSSR count). The fourth-order valence-electron chi connectivity index (χ4n) is 0. The molecule has 10 heteroatoms. The van der Waals surface area contributed by atoms with Gasteiger partial charge in [-0.2, -0.15) is 27.0 Å². The van der Waals surface area contributed by atoms with Crippen molar-refractivity contribution in [1.29, 1.82) is 0 Å². The van der Waals surface area contributed by atoms with Gasteiger partial charge in [-0.3, -0.25) is 0 Å². The van der Waals surface area contributed by atoms with Gasteiger partial charge in [0.15, 0.2) is 0 Å². The van der Waals surface area contributed by atoms with Gasteiger partial charge in [0, 0.05) is 0 Å². The quantitative estimate of drug-likeness (QED) is 0.261. The third-order valence-electron chi connectivity index (χ3n) is 0.400. The Morgan fingerprint density at radius 1 is 0.278 bits per heavy atom. The second kappa shape index (κ2) is 66.4. The molecule has 0 radical (unpaired) electrons. The van der Waals surface area contributed by atoms with Crippen molar-refractivity contribution in [3.05, 3.63) is 0 Å². The highest BCUT2D eigenvalue weighted by atomic mass is 32.1. The minimum absolute atomic E-state index is 0. The van der Waals surface area contributed by atoms with E-state index in [4.69, 9.17) is 40.9 Å². The Bertz CT molecular complexity index is 49.1. The maximum atomic E-state index is 7.62. The van der Waals surface area contributed by atoms with Gasteiger partial charge < -0.3 is 40.9 Å². The first-order valence-corrected chi connectivity index (χ1v) is 4.53. The van der Waals surface area contributed by atoms with Crippen molar-refractivity contribution in [2.24, 2.45) is 0 Å². The van der Waals surface area contributed by atoms with Crippen molar-refractivity contribution >= 4 is 27.0 Å². The minimum atomic E-state index is -0.125. The van der Waals surface area contributed by atoms with E-state index >= 15 is 0 Å². The van der Waals surface area contributed by atoms with Gasteiger partial charge in [-0.15, -0.1) is 0 Å². The van der Waals surface area contributed by atoms with Crippen molar-refractivity contribution in [3.63, 3.8) is 0 Å². The molecule has 8 nitrogen and oxygen atoms in total. The molecule has 0 fully saturated rings. The van der Waals surface area contributed by atoms with Crippen LogP contribution >= 0.6 is 27.0 Å². The number of hydrogen-bond donors (Lipinski definition) is 8. The number of aliphatic hydroxyl groups excluding tert-OH is 8. The van der Waals surface area contributed by atoms with Crippen LogP contribution in [0.2, 0.25) is 0 Å². The third-order valence-corrected chi connectivity index (χ3v) is 0.400. The highest BCUT2D eigenvalue weighted by molar-refractivity contribution is 7.59. The molecule has 0 aliphatic heterocycles. The molecule has 0 heterocycles. The molecular weight excluding hydrogens is 288 g/mol. The molecular formula is C8H28O8S2. The van der Waals surface area contributed by atoms with E-state index in [9.17, 15) is 0 Å². The fraction of sp³-hybridized carbons (Fsp3) is 1.00. The zero-order chi connectivity index (χ0) is 13.7. The van der Waals surface area contributed by atoms with E-state index in [0.717, 1.165) is 0 Å². The van der Waals surface area contributed by atoms with E-state index < -0.39 is 0 Å². The van der Waals surface area contributed by atoms with Crippen LogP contribution in [0, 0.1) is 0 Å². The highest BCUT2D eigenvalue weighted by Gasteiger charge is 1.59. The third kappa shape index (κ3) is 202. The first-order chi connectivity index (χ1) is 7.66. The lowest BCUT2D eigenvalue weighted by Crippen LogP contribution is -1.85. The van der Waals surface area contributed by atoms with Gasteiger partial charge in [0.1, 0.15) is 0 Å². The number of hydrogen-bond acceptors (Lipinski definition) is 8. The number of aliphatic hydroxyl groups is 8. The van der Waals surface area contributed by atoms with E-state index in [-0.39, 0.29) is 79.8 Å². The predicted molar refractivity (Wildman–Crippen MR) is 77.4 cm³/mol. The van der Waals surface area contributed by atoms with Crippen LogP contribution in [0.25, 0.3) is 0 Å². The normalized spacial score (nSPS) is 6.67. The molecule has 0 aromatic carbocycles. The lowest BCUT2D eigenvalue weighted by atomic mass is 10.8. The molecule has 0 bridgehead atoms. The van der Waals surface area contributed by atoms with Crippen LogP contribution in [0.15, 0.2) is 0 Å². The SMILES string of the molecule is OCCO.OCCO.OCCO.OCCO.S.S. The summed E-state index contributed by atoms with van der Waals surface area (Å²) in [6.07, 6.45) is 0. The minimum Gasteiger partial charge on any atom is -0.394 e. The van der Waals surface area contributed by atoms with E-state index in [1.54, 1.807) is 0 Å². The summed E-state index contributed by atoms with van der Waals surface area (Å²) >= 11 is 0. The molecule has 0 aromatic heterocycles. The summed E-state index contributed by atoms with van der Waals surface area (Å²) in [4.78, 5) is 0. The smallest absolute Gasteiger partial charge is 0.0662 e. The van der Waals surface area contributed by atoms with Gasteiger partial charge in [-0.25, -0.2) is 0 Å². The molecule has 8 N–H and O–H groups in total. The Morgan fingerprint density at radius 2 is 0.333 bits per heavy atom. The molecule has 0 aliphatic rings. The van der Waals surface area contributed by atoms with E-state index in [1.165, 1.54) is 0 Å². The topological polar surface area (TPSA) is 162 Å². The van der Waals surface area contributed by atoms with E-state index in [1.807, 2.05) is 0 Å². The van der Waals surface area contributed by atoms with Crippen molar-refractivity contribution < 1.29 is 40.9 Å². The second-order valence-electron chi connectivity index (χ2n) is 1.79. The van der Waals surface area contributed by atoms with Gasteiger partial charge >= 0.3 is 0 Å². The van der Waals surface area contributed by atoms with Crippen LogP contribution < -0.4 is 0 Å². The highest BCUT2D eigenvalue weighted by Crippen LogP contribution is 1.40. The Balaban J connectivity index is -0.0000000257. The lowest BCUT2D eigenvalue weighted by Gasteiger charge is -1.70. The fourth-order valence-corrected chi connectivity index (χ4v) is 0. The van der Waals surface area contributed by atoms with Gasteiger partial charge in [0.2, 0.25) is 0 Å². The Kier molecular flexibility index (Phi) is 134. The summed E-state index contributed by atoms with van der Waals surface area (Å²) in [5.74, 6) is 0. The van der Waals surface area contributed by atoms with Gasteiger partial charge in [-0.1, -0.05) is 0 Å². The first-order valence-electron chi connectivity index (χ1n) is 4.53. The summed E-state index contributed by atoms with van der Waals surface area (Å²) in [5.41, 5.74) is 0. The van der Waals surface area contributed by atoms with Crippen molar-refractivity contribution in [3.8, 4) is 0 Å². The molecule has 0 amide bonds. The molecule has 0 aliphatic carbocycles. The van der Waals surface area contributed by atoms with Crippen molar-refractivity contribution in [2.75, 3.05) is 52.9 Å². The average molecular weight is 316 g/mol. The number of rotatable bonds is 4. The van der Waals surface area contributed by atoms with Crippen LogP contribution in [0.3, 0.4) is 0 Å². The van der Waals surface area contributed by atoms with Crippen molar-refractivity contribution in [1.82, 2.24) is 0 Å². The summed E-state index contributed by atoms with van der Waals surface area (Å²) < 4.78 is 0. The summed E-state index contributed by atoms with van der Waals surface area (Å²) in [5, 5.41) is 61.0. The van der Waals surface area contributed by atoms with Crippen LogP contribution in [0.1, 0.15) is 0 Å². The predicted octanol–water partition coefficient (Wildman–Crippen LogP) is -3.89. The van der Waals surface area contributed by atoms with Crippen molar-refractivity contribution in [2.45, 2.75) is 0 Å². The zero-order valence-corrected chi connectivity index (χ0v) is 12.2. The van der Waals surface area contributed by atoms with E-state index in [2.05, 4.69) is 0 Å². The van der Waals surface area contributed by atoms with E-state index in [0.29, 0.717) is 0 Å². The Morgan fingerprint density at radius 3 is 0.333 bits per heavy atom. The van der Waals surface area contributed by atoms with Gasteiger partial charge in [-0.05, 0) is 0 Å². The zero-order valence-electron chi connectivity index (χ0n) is 10.2. The average Bonchev–Trinajstić information content (AvgIpc) is 2.39. The lowest BCUT2D eigenvalue weighted by molar-refractivity contribution is 0.186. The Labute approximate surface area is 121 Å². The molecule has 0 atom stereocenters. The molecule has 120 valence electrons. The molecule has 0 unspecified atom stereocenters. The Hall–Kier alpha value is 0.380. The van der Waals surface area contributed by atoms with Crippen LogP contribution in [-0.2, 0) is 0 Å². The molecule has 18 heavy (non-hydrogen) atoms. The summed E-state index contributed by atoms with van der Waals surface area (Å²) in [7, 11) is 0. The maximum Gasteiger partial charge on any atom is 0.0662 e. The molecule has 0 aromatic rings. The standard InChI is InChI=1S/4C2H6O2.2H2S/c4*3-1-2-4;;/h4*3-4H,1-2H2;2*1H2. The van der Waals surface area contributed by atoms with Crippen LogP contribution in [-0.4, -0.2) is 93.7 Å². The molecule has 0 spiro atoms. The van der Waals surface area contributed by atoms with Gasteiger partial charge in [0.05, 0.1) is 52.9 Å². The van der Waals surface area contributed by atoms with Gasteiger partial charge in [0.25, 0.3) is 0 Å². The monoisotopic (exact) mass is 316 g/mol. The molecule has 0 saturated heterocycles. The first kappa shape index (κ1) is 36.2. The van der Waals surface area contributed by atoms with Crippen LogP contribution in [0.5, 0.6) is 0 Å². The maximum absolute atomic E-state index is 7.62.